The molecule has 0 aromatic heterocycles. The van der Waals surface area contributed by atoms with Crippen LogP contribution in [0.1, 0.15) is 32.8 Å². The van der Waals surface area contributed by atoms with E-state index in [0.717, 1.165) is 12.0 Å². The molecule has 0 spiro atoms. The third-order valence-electron chi connectivity index (χ3n) is 3.74. The second-order valence-electron chi connectivity index (χ2n) is 4.99. The minimum Gasteiger partial charge on any atom is -0.385 e. The van der Waals surface area contributed by atoms with Crippen molar-refractivity contribution in [2.24, 2.45) is 5.92 Å². The second-order valence-corrected chi connectivity index (χ2v) is 4.99. The van der Waals surface area contributed by atoms with E-state index in [0.29, 0.717) is 0 Å². The van der Waals surface area contributed by atoms with Crippen LogP contribution in [-0.4, -0.2) is 5.11 Å². The normalized spacial score (nSPS) is 15.1. The molecule has 1 unspecified atom stereocenters. The molecule has 0 saturated heterocycles. The molecule has 2 aromatic carbocycles. The predicted molar refractivity (Wildman–Crippen MR) is 73.0 cm³/mol. The van der Waals surface area contributed by atoms with Gasteiger partial charge in [0.25, 0.3) is 0 Å². The van der Waals surface area contributed by atoms with E-state index in [-0.39, 0.29) is 5.92 Å². The average Bonchev–Trinajstić information content (AvgIpc) is 2.37. The number of fused-ring (bicyclic) bond motifs is 1. The van der Waals surface area contributed by atoms with Crippen LogP contribution in [0.5, 0.6) is 0 Å². The summed E-state index contributed by atoms with van der Waals surface area (Å²) in [5.41, 5.74) is 0.304. The van der Waals surface area contributed by atoms with Crippen molar-refractivity contribution in [2.75, 3.05) is 0 Å². The maximum absolute atomic E-state index is 10.7. The Morgan fingerprint density at radius 1 is 1.06 bits per heavy atom. The third-order valence-corrected chi connectivity index (χ3v) is 3.74. The summed E-state index contributed by atoms with van der Waals surface area (Å²) < 4.78 is 0. The highest BCUT2D eigenvalue weighted by Crippen LogP contribution is 2.34. The van der Waals surface area contributed by atoms with Gasteiger partial charge < -0.3 is 5.11 Å². The lowest BCUT2D eigenvalue weighted by atomic mass is 9.80. The second kappa shape index (κ2) is 4.50. The summed E-state index contributed by atoms with van der Waals surface area (Å²) in [6.45, 7) is 6.17. The summed E-state index contributed by atoms with van der Waals surface area (Å²) in [7, 11) is 0. The quantitative estimate of drug-likeness (QED) is 0.838. The van der Waals surface area contributed by atoms with E-state index in [9.17, 15) is 5.11 Å². The van der Waals surface area contributed by atoms with Crippen molar-refractivity contribution in [3.63, 3.8) is 0 Å². The molecule has 0 bridgehead atoms. The van der Waals surface area contributed by atoms with Crippen LogP contribution in [0.25, 0.3) is 10.8 Å². The largest absolute Gasteiger partial charge is 0.385 e. The van der Waals surface area contributed by atoms with Crippen molar-refractivity contribution >= 4 is 10.8 Å². The van der Waals surface area contributed by atoms with Gasteiger partial charge in [0.05, 0.1) is 5.60 Å². The maximum atomic E-state index is 10.7. The van der Waals surface area contributed by atoms with Gasteiger partial charge in [-0.05, 0) is 34.7 Å². The van der Waals surface area contributed by atoms with E-state index < -0.39 is 5.60 Å². The fourth-order valence-corrected chi connectivity index (χ4v) is 2.40. The smallest absolute Gasteiger partial charge is 0.0916 e. The SMILES string of the molecule is CCC(O)(c1ccc2ccccc2c1)C(C)C. The molecule has 1 N–H and O–H groups in total. The van der Waals surface area contributed by atoms with Gasteiger partial charge in [-0.2, -0.15) is 0 Å². The topological polar surface area (TPSA) is 20.2 Å². The monoisotopic (exact) mass is 228 g/mol. The highest BCUT2D eigenvalue weighted by molar-refractivity contribution is 5.83. The molecule has 0 radical (unpaired) electrons. The zero-order valence-corrected chi connectivity index (χ0v) is 10.8. The molecule has 0 saturated carbocycles. The van der Waals surface area contributed by atoms with Gasteiger partial charge in [-0.3, -0.25) is 0 Å². The Balaban J connectivity index is 2.55. The van der Waals surface area contributed by atoms with Crippen molar-refractivity contribution < 1.29 is 5.11 Å². The van der Waals surface area contributed by atoms with E-state index in [1.54, 1.807) is 0 Å². The zero-order valence-electron chi connectivity index (χ0n) is 10.8. The summed E-state index contributed by atoms with van der Waals surface area (Å²) in [5.74, 6) is 0.216. The van der Waals surface area contributed by atoms with Gasteiger partial charge in [-0.1, -0.05) is 57.2 Å². The van der Waals surface area contributed by atoms with Gasteiger partial charge in [-0.25, -0.2) is 0 Å². The van der Waals surface area contributed by atoms with Gasteiger partial charge >= 0.3 is 0 Å². The average molecular weight is 228 g/mol. The lowest BCUT2D eigenvalue weighted by molar-refractivity contribution is -0.0139. The first-order valence-corrected chi connectivity index (χ1v) is 6.29. The lowest BCUT2D eigenvalue weighted by Gasteiger charge is -2.31. The fourth-order valence-electron chi connectivity index (χ4n) is 2.40. The van der Waals surface area contributed by atoms with Gasteiger partial charge in [0.15, 0.2) is 0 Å². The van der Waals surface area contributed by atoms with Crippen molar-refractivity contribution in [1.29, 1.82) is 0 Å². The van der Waals surface area contributed by atoms with Crippen molar-refractivity contribution in [3.05, 3.63) is 48.0 Å². The van der Waals surface area contributed by atoms with Crippen LogP contribution in [0.15, 0.2) is 42.5 Å². The number of aliphatic hydroxyl groups is 1. The highest BCUT2D eigenvalue weighted by Gasteiger charge is 2.30. The maximum Gasteiger partial charge on any atom is 0.0916 e. The Morgan fingerprint density at radius 3 is 2.29 bits per heavy atom. The van der Waals surface area contributed by atoms with Crippen LogP contribution < -0.4 is 0 Å². The Morgan fingerprint density at radius 2 is 1.71 bits per heavy atom. The Hall–Kier alpha value is -1.34. The van der Waals surface area contributed by atoms with Crippen LogP contribution in [0.2, 0.25) is 0 Å². The molecule has 17 heavy (non-hydrogen) atoms. The van der Waals surface area contributed by atoms with E-state index in [4.69, 9.17) is 0 Å². The van der Waals surface area contributed by atoms with Crippen molar-refractivity contribution in [2.45, 2.75) is 32.8 Å². The highest BCUT2D eigenvalue weighted by atomic mass is 16.3. The zero-order chi connectivity index (χ0) is 12.5. The standard InChI is InChI=1S/C16H20O/c1-4-16(17,12(2)3)15-10-9-13-7-5-6-8-14(13)11-15/h5-12,17H,4H2,1-3H3. The van der Waals surface area contributed by atoms with Crippen LogP contribution >= 0.6 is 0 Å². The Labute approximate surface area is 103 Å². The number of hydrogen-bond acceptors (Lipinski definition) is 1. The third kappa shape index (κ3) is 2.07. The number of hydrogen-bond donors (Lipinski definition) is 1. The lowest BCUT2D eigenvalue weighted by Crippen LogP contribution is -2.31. The summed E-state index contributed by atoms with van der Waals surface area (Å²) >= 11 is 0. The molecule has 0 amide bonds. The minimum absolute atomic E-state index is 0.216. The molecule has 90 valence electrons. The molecular formula is C16H20O. The van der Waals surface area contributed by atoms with E-state index in [1.165, 1.54) is 10.8 Å². The molecule has 0 aliphatic rings. The minimum atomic E-state index is -0.718. The van der Waals surface area contributed by atoms with Crippen LogP contribution in [0.4, 0.5) is 0 Å². The van der Waals surface area contributed by atoms with E-state index >= 15 is 0 Å². The molecule has 1 atom stereocenters. The van der Waals surface area contributed by atoms with Crippen molar-refractivity contribution in [1.82, 2.24) is 0 Å². The van der Waals surface area contributed by atoms with E-state index in [2.05, 4.69) is 38.1 Å². The summed E-state index contributed by atoms with van der Waals surface area (Å²) in [5, 5.41) is 13.1. The molecule has 0 fully saturated rings. The fraction of sp³-hybridized carbons (Fsp3) is 0.375. The van der Waals surface area contributed by atoms with Gasteiger partial charge in [-0.15, -0.1) is 0 Å². The Bertz CT molecular complexity index is 516. The molecule has 1 heteroatoms. The molecule has 0 aliphatic carbocycles. The van der Waals surface area contributed by atoms with Crippen LogP contribution in [0.3, 0.4) is 0 Å². The summed E-state index contributed by atoms with van der Waals surface area (Å²) in [4.78, 5) is 0. The van der Waals surface area contributed by atoms with Crippen molar-refractivity contribution in [3.8, 4) is 0 Å². The van der Waals surface area contributed by atoms with Gasteiger partial charge in [0.2, 0.25) is 0 Å². The predicted octanol–water partition coefficient (Wildman–Crippen LogP) is 4.09. The molecule has 1 nitrogen and oxygen atoms in total. The molecular weight excluding hydrogens is 208 g/mol. The number of rotatable bonds is 3. The first kappa shape index (κ1) is 12.1. The van der Waals surface area contributed by atoms with Crippen LogP contribution in [-0.2, 0) is 5.60 Å². The summed E-state index contributed by atoms with van der Waals surface area (Å²) in [6.07, 6.45) is 0.739. The first-order valence-electron chi connectivity index (χ1n) is 6.29. The summed E-state index contributed by atoms with van der Waals surface area (Å²) in [6, 6.07) is 14.5. The molecule has 0 aliphatic heterocycles. The first-order chi connectivity index (χ1) is 8.08. The molecule has 2 rings (SSSR count). The van der Waals surface area contributed by atoms with Gasteiger partial charge in [0.1, 0.15) is 0 Å². The molecule has 0 heterocycles. The van der Waals surface area contributed by atoms with Crippen LogP contribution in [0, 0.1) is 5.92 Å². The van der Waals surface area contributed by atoms with E-state index in [1.807, 2.05) is 25.1 Å². The number of benzene rings is 2. The molecule has 2 aromatic rings. The Kier molecular flexibility index (Phi) is 3.21. The van der Waals surface area contributed by atoms with Gasteiger partial charge in [0, 0.05) is 0 Å².